The molecule has 0 rings (SSSR count). The molecule has 7 heavy (non-hydrogen) atoms. The molecule has 5 heteroatoms. The molecule has 0 saturated carbocycles. The van der Waals surface area contributed by atoms with Crippen molar-refractivity contribution in [3.63, 3.8) is 0 Å². The lowest BCUT2D eigenvalue weighted by Crippen LogP contribution is -1.90. The summed E-state index contributed by atoms with van der Waals surface area (Å²) < 4.78 is 11.1. The second-order valence-electron chi connectivity index (χ2n) is 0.929. The Hall–Kier alpha value is 0.640. The Bertz CT molecular complexity index is 42.7. The Labute approximate surface area is 57.3 Å². The van der Waals surface area contributed by atoms with Crippen molar-refractivity contribution in [1.29, 1.82) is 0 Å². The van der Waals surface area contributed by atoms with Crippen LogP contribution in [-0.4, -0.2) is 18.8 Å². The van der Waals surface area contributed by atoms with E-state index in [9.17, 15) is 4.57 Å². The maximum Gasteiger partial charge on any atom is 0.248 e. The minimum Gasteiger partial charge on any atom is -0.256 e. The lowest BCUT2D eigenvalue weighted by Gasteiger charge is -1.86. The van der Waals surface area contributed by atoms with Crippen molar-refractivity contribution in [1.82, 2.24) is 4.67 Å². The molecule has 0 aliphatic rings. The largest absolute Gasteiger partial charge is 0.256 e. The third-order valence-electron chi connectivity index (χ3n) is 0.163. The smallest absolute Gasteiger partial charge is 0.248 e. The molecular formula is C2H8Cl2NOP. The second kappa shape index (κ2) is 9.81. The van der Waals surface area contributed by atoms with Crippen LogP contribution in [0.5, 0.6) is 0 Å². The van der Waals surface area contributed by atoms with E-state index in [1.165, 1.54) is 0 Å². The number of nitrogens with zero attached hydrogens (tertiary/aromatic N) is 1. The molecule has 0 bridgehead atoms. The summed E-state index contributed by atoms with van der Waals surface area (Å²) in [6, 6.07) is 0. The molecule has 2 nitrogen and oxygen atoms in total. The molecule has 0 aliphatic heterocycles. The van der Waals surface area contributed by atoms with Crippen molar-refractivity contribution in [2.75, 3.05) is 14.1 Å². The average Bonchev–Trinajstić information content (AvgIpc) is 1.38. The Morgan fingerprint density at radius 1 is 1.29 bits per heavy atom. The fourth-order valence-corrected chi connectivity index (χ4v) is 0. The molecule has 0 aliphatic carbocycles. The maximum absolute atomic E-state index is 9.53. The van der Waals surface area contributed by atoms with Crippen molar-refractivity contribution in [3.8, 4) is 0 Å². The van der Waals surface area contributed by atoms with Gasteiger partial charge in [-0.1, -0.05) is 0 Å². The summed E-state index contributed by atoms with van der Waals surface area (Å²) in [5.41, 5.74) is 0. The van der Waals surface area contributed by atoms with Crippen LogP contribution < -0.4 is 0 Å². The van der Waals surface area contributed by atoms with Crippen LogP contribution in [-0.2, 0) is 4.57 Å². The predicted molar refractivity (Wildman–Crippen MR) is 35.8 cm³/mol. The van der Waals surface area contributed by atoms with E-state index in [1.54, 1.807) is 18.8 Å². The van der Waals surface area contributed by atoms with Crippen LogP contribution >= 0.6 is 33.4 Å². The van der Waals surface area contributed by atoms with Crippen LogP contribution in [0.25, 0.3) is 0 Å². The molecule has 0 fully saturated rings. The number of hydrogen-bond donors (Lipinski definition) is 0. The molecule has 0 unspecified atom stereocenters. The lowest BCUT2D eigenvalue weighted by molar-refractivity contribution is 0.552. The van der Waals surface area contributed by atoms with E-state index in [0.717, 1.165) is 0 Å². The van der Waals surface area contributed by atoms with Gasteiger partial charge in [-0.15, -0.1) is 24.8 Å². The molecule has 46 valence electrons. The fraction of sp³-hybridized carbons (Fsp3) is 1.00. The lowest BCUT2D eigenvalue weighted by atomic mass is 11.3. The molecule has 0 radical (unpaired) electrons. The van der Waals surface area contributed by atoms with E-state index >= 15 is 0 Å². The molecule has 0 amide bonds. The zero-order chi connectivity index (χ0) is 4.28. The summed E-state index contributed by atoms with van der Waals surface area (Å²) in [5, 5.41) is 0. The summed E-state index contributed by atoms with van der Waals surface area (Å²) in [6.07, 6.45) is 0. The summed E-state index contributed by atoms with van der Waals surface area (Å²) in [6.45, 7) is 0. The minimum absolute atomic E-state index is 0. The highest BCUT2D eigenvalue weighted by Crippen LogP contribution is 1.90. The molecule has 0 aromatic carbocycles. The van der Waals surface area contributed by atoms with E-state index < -0.39 is 0 Å². The first-order chi connectivity index (χ1) is 2.27. The summed E-state index contributed by atoms with van der Waals surface area (Å²) >= 11 is 0. The third-order valence-corrected chi connectivity index (χ3v) is 0.490. The van der Waals surface area contributed by atoms with Gasteiger partial charge >= 0.3 is 0 Å². The highest BCUT2D eigenvalue weighted by atomic mass is 35.5. The maximum atomic E-state index is 9.53. The quantitative estimate of drug-likeness (QED) is 0.548. The van der Waals surface area contributed by atoms with Gasteiger partial charge in [0.2, 0.25) is 8.61 Å². The zero-order valence-electron chi connectivity index (χ0n) is 4.12. The normalized spacial score (nSPS) is 7.29. The van der Waals surface area contributed by atoms with Gasteiger partial charge in [0.1, 0.15) is 0 Å². The summed E-state index contributed by atoms with van der Waals surface area (Å²) in [7, 11) is 3.54. The monoisotopic (exact) mass is 163 g/mol. The topological polar surface area (TPSA) is 20.3 Å². The Morgan fingerprint density at radius 3 is 1.43 bits per heavy atom. The molecule has 0 heterocycles. The van der Waals surface area contributed by atoms with Gasteiger partial charge in [0.05, 0.1) is 0 Å². The molecular weight excluding hydrogens is 156 g/mol. The van der Waals surface area contributed by atoms with Gasteiger partial charge < -0.3 is 0 Å². The predicted octanol–water partition coefficient (Wildman–Crippen LogP) is 1.60. The van der Waals surface area contributed by atoms with Crippen molar-refractivity contribution in [3.05, 3.63) is 0 Å². The number of halogens is 2. The third kappa shape index (κ3) is 20.5. The summed E-state index contributed by atoms with van der Waals surface area (Å²) in [5.74, 6) is 0. The van der Waals surface area contributed by atoms with E-state index in [1.807, 2.05) is 0 Å². The molecule has 0 aromatic rings. The van der Waals surface area contributed by atoms with Crippen LogP contribution in [0.15, 0.2) is 0 Å². The van der Waals surface area contributed by atoms with Crippen LogP contribution in [0.4, 0.5) is 0 Å². The van der Waals surface area contributed by atoms with Gasteiger partial charge in [0.25, 0.3) is 0 Å². The van der Waals surface area contributed by atoms with Gasteiger partial charge in [-0.2, -0.15) is 0 Å². The van der Waals surface area contributed by atoms with Crippen molar-refractivity contribution < 1.29 is 4.57 Å². The SMILES string of the molecule is CN(C)P=O.Cl.Cl. The van der Waals surface area contributed by atoms with Crippen molar-refractivity contribution in [2.24, 2.45) is 0 Å². The van der Waals surface area contributed by atoms with E-state index in [0.29, 0.717) is 0 Å². The summed E-state index contributed by atoms with van der Waals surface area (Å²) in [4.78, 5) is 0. The first-order valence-electron chi connectivity index (χ1n) is 1.28. The Morgan fingerprint density at radius 2 is 1.43 bits per heavy atom. The highest BCUT2D eigenvalue weighted by Gasteiger charge is 1.73. The van der Waals surface area contributed by atoms with Crippen molar-refractivity contribution in [2.45, 2.75) is 0 Å². The zero-order valence-corrected chi connectivity index (χ0v) is 6.65. The molecule has 0 N–H and O–H groups in total. The van der Waals surface area contributed by atoms with Crippen LogP contribution in [0, 0.1) is 0 Å². The molecule has 0 atom stereocenters. The van der Waals surface area contributed by atoms with Gasteiger partial charge in [-0.05, 0) is 14.1 Å². The van der Waals surface area contributed by atoms with E-state index in [2.05, 4.69) is 0 Å². The first kappa shape index (κ1) is 15.6. The number of rotatable bonds is 1. The van der Waals surface area contributed by atoms with E-state index in [-0.39, 0.29) is 33.4 Å². The first-order valence-corrected chi connectivity index (χ1v) is 2.04. The minimum atomic E-state index is 0. The highest BCUT2D eigenvalue weighted by molar-refractivity contribution is 7.20. The van der Waals surface area contributed by atoms with Crippen LogP contribution in [0.1, 0.15) is 0 Å². The molecule has 0 saturated heterocycles. The molecule has 0 aromatic heterocycles. The van der Waals surface area contributed by atoms with Gasteiger partial charge in [-0.25, -0.2) is 4.67 Å². The molecule has 0 spiro atoms. The fourth-order valence-electron chi connectivity index (χ4n) is 0. The van der Waals surface area contributed by atoms with Crippen molar-refractivity contribution >= 4 is 33.4 Å². The van der Waals surface area contributed by atoms with Gasteiger partial charge in [0, 0.05) is 0 Å². The van der Waals surface area contributed by atoms with Crippen LogP contribution in [0.3, 0.4) is 0 Å². The van der Waals surface area contributed by atoms with Crippen LogP contribution in [0.2, 0.25) is 0 Å². The standard InChI is InChI=1S/C2H6NOP.2ClH/c1-3(2)5-4;;/h1-2H3;2*1H. The van der Waals surface area contributed by atoms with E-state index in [4.69, 9.17) is 0 Å². The Kier molecular flexibility index (Phi) is 21.9. The van der Waals surface area contributed by atoms with Gasteiger partial charge in [0.15, 0.2) is 0 Å². The second-order valence-corrected chi connectivity index (χ2v) is 1.89. The number of hydrogen-bond acceptors (Lipinski definition) is 1. The van der Waals surface area contributed by atoms with Gasteiger partial charge in [-0.3, -0.25) is 4.57 Å². The average molecular weight is 164 g/mol. The Balaban J connectivity index is -0.0000000800.